The van der Waals surface area contributed by atoms with E-state index in [-0.39, 0.29) is 11.6 Å². The van der Waals surface area contributed by atoms with Crippen LogP contribution in [0.15, 0.2) is 22.8 Å². The van der Waals surface area contributed by atoms with E-state index in [2.05, 4.69) is 5.32 Å². The summed E-state index contributed by atoms with van der Waals surface area (Å²) in [5.41, 5.74) is 2.17. The van der Waals surface area contributed by atoms with Crippen molar-refractivity contribution in [3.8, 4) is 0 Å². The minimum absolute atomic E-state index is 0.0500. The van der Waals surface area contributed by atoms with E-state index in [1.54, 1.807) is 0 Å². The molecule has 0 spiro atoms. The van der Waals surface area contributed by atoms with Gasteiger partial charge in [0.1, 0.15) is 0 Å². The van der Waals surface area contributed by atoms with Crippen molar-refractivity contribution in [1.29, 1.82) is 0 Å². The molecule has 0 radical (unpaired) electrons. The second kappa shape index (κ2) is 5.20. The Labute approximate surface area is 125 Å². The monoisotopic (exact) mass is 285 g/mol. The molecule has 3 heteroatoms. The predicted octanol–water partition coefficient (Wildman–Crippen LogP) is 2.71. The Morgan fingerprint density at radius 1 is 0.905 bits per heavy atom. The molecule has 2 fully saturated rings. The third kappa shape index (κ3) is 2.13. The van der Waals surface area contributed by atoms with Crippen LogP contribution in [-0.2, 0) is 9.59 Å². The highest BCUT2D eigenvalue weighted by Crippen LogP contribution is 2.39. The molecule has 1 saturated carbocycles. The molecule has 0 amide bonds. The summed E-state index contributed by atoms with van der Waals surface area (Å²) in [5, 5.41) is 3.59. The molecule has 0 aromatic rings. The third-order valence-corrected chi connectivity index (χ3v) is 5.87. The van der Waals surface area contributed by atoms with Gasteiger partial charge >= 0.3 is 0 Å². The van der Waals surface area contributed by atoms with Crippen LogP contribution in [0.2, 0.25) is 0 Å². The van der Waals surface area contributed by atoms with Gasteiger partial charge in [0.05, 0.1) is 5.57 Å². The Bertz CT molecular complexity index is 528. The first-order valence-corrected chi connectivity index (χ1v) is 8.52. The molecular formula is C18H23NO2. The Morgan fingerprint density at radius 3 is 2.29 bits per heavy atom. The van der Waals surface area contributed by atoms with Crippen LogP contribution in [0, 0.1) is 11.8 Å². The van der Waals surface area contributed by atoms with Gasteiger partial charge in [0.15, 0.2) is 11.6 Å². The number of Topliss-reactive ketones (excluding diaryl/α,β-unsaturated/α-hetero) is 2. The van der Waals surface area contributed by atoms with E-state index in [1.807, 2.05) is 6.08 Å². The summed E-state index contributed by atoms with van der Waals surface area (Å²) < 4.78 is 0. The van der Waals surface area contributed by atoms with Crippen LogP contribution in [0.1, 0.15) is 51.4 Å². The molecule has 3 nitrogen and oxygen atoms in total. The smallest absolute Gasteiger partial charge is 0.193 e. The zero-order valence-electron chi connectivity index (χ0n) is 12.5. The topological polar surface area (TPSA) is 46.2 Å². The van der Waals surface area contributed by atoms with Gasteiger partial charge < -0.3 is 5.32 Å². The molecule has 21 heavy (non-hydrogen) atoms. The molecule has 0 aromatic carbocycles. The average molecular weight is 285 g/mol. The minimum Gasteiger partial charge on any atom is -0.313 e. The second-order valence-electron chi connectivity index (χ2n) is 7.03. The lowest BCUT2D eigenvalue weighted by atomic mass is 9.79. The number of allylic oxidation sites excluding steroid dienone is 3. The Morgan fingerprint density at radius 2 is 1.57 bits per heavy atom. The summed E-state index contributed by atoms with van der Waals surface area (Å²) in [6, 6.07) is 0.606. The molecule has 1 saturated heterocycles. The number of carbonyl (C=O) groups is 2. The largest absolute Gasteiger partial charge is 0.313 e. The summed E-state index contributed by atoms with van der Waals surface area (Å²) in [7, 11) is 0. The maximum Gasteiger partial charge on any atom is 0.193 e. The highest BCUT2D eigenvalue weighted by atomic mass is 16.2. The molecule has 4 rings (SSSR count). The number of hydrogen-bond acceptors (Lipinski definition) is 3. The molecule has 0 bridgehead atoms. The highest BCUT2D eigenvalue weighted by Gasteiger charge is 2.40. The maximum absolute atomic E-state index is 12.5. The molecule has 3 unspecified atom stereocenters. The zero-order chi connectivity index (χ0) is 14.4. The molecule has 1 heterocycles. The molecule has 3 aliphatic carbocycles. The van der Waals surface area contributed by atoms with E-state index in [0.717, 1.165) is 43.4 Å². The number of nitrogens with one attached hydrogen (secondary N) is 1. The van der Waals surface area contributed by atoms with E-state index in [4.69, 9.17) is 0 Å². The summed E-state index contributed by atoms with van der Waals surface area (Å²) in [6.45, 7) is 0.935. The van der Waals surface area contributed by atoms with Gasteiger partial charge in [-0.2, -0.15) is 0 Å². The van der Waals surface area contributed by atoms with Crippen LogP contribution in [0.5, 0.6) is 0 Å². The lowest BCUT2D eigenvalue weighted by molar-refractivity contribution is -0.116. The Balaban J connectivity index is 1.59. The van der Waals surface area contributed by atoms with Crippen LogP contribution in [0.4, 0.5) is 0 Å². The summed E-state index contributed by atoms with van der Waals surface area (Å²) >= 11 is 0. The fourth-order valence-corrected chi connectivity index (χ4v) is 4.75. The number of fused-ring (bicyclic) bond motifs is 1. The van der Waals surface area contributed by atoms with Crippen molar-refractivity contribution >= 4 is 11.6 Å². The first-order chi connectivity index (χ1) is 10.3. The van der Waals surface area contributed by atoms with Crippen LogP contribution < -0.4 is 5.32 Å². The van der Waals surface area contributed by atoms with Gasteiger partial charge in [-0.25, -0.2) is 0 Å². The van der Waals surface area contributed by atoms with Crippen molar-refractivity contribution in [1.82, 2.24) is 5.32 Å². The van der Waals surface area contributed by atoms with Crippen molar-refractivity contribution in [3.05, 3.63) is 22.8 Å². The zero-order valence-corrected chi connectivity index (χ0v) is 12.5. The van der Waals surface area contributed by atoms with E-state index < -0.39 is 0 Å². The minimum atomic E-state index is 0.0500. The van der Waals surface area contributed by atoms with Gasteiger partial charge in [-0.15, -0.1) is 0 Å². The summed E-state index contributed by atoms with van der Waals surface area (Å²) in [4.78, 5) is 25.1. The fraction of sp³-hybridized carbons (Fsp3) is 0.667. The molecule has 1 N–H and O–H groups in total. The number of hydrogen-bond donors (Lipinski definition) is 1. The Hall–Kier alpha value is -1.22. The third-order valence-electron chi connectivity index (χ3n) is 5.87. The number of carbonyl (C=O) groups excluding carboxylic acids is 2. The Kier molecular flexibility index (Phi) is 3.33. The average Bonchev–Trinajstić information content (AvgIpc) is 3.04. The summed E-state index contributed by atoms with van der Waals surface area (Å²) in [5.74, 6) is 1.10. The van der Waals surface area contributed by atoms with Gasteiger partial charge in [0.2, 0.25) is 0 Å². The second-order valence-corrected chi connectivity index (χ2v) is 7.03. The molecular weight excluding hydrogens is 262 g/mol. The SMILES string of the molecule is O=C1C(=CC2CNC3CCCCC23)C(=O)C2=C1CCCC2. The fourth-order valence-electron chi connectivity index (χ4n) is 4.75. The van der Waals surface area contributed by atoms with Crippen molar-refractivity contribution in [2.45, 2.75) is 57.4 Å². The lowest BCUT2D eigenvalue weighted by Crippen LogP contribution is -2.30. The van der Waals surface area contributed by atoms with Crippen molar-refractivity contribution in [2.75, 3.05) is 6.54 Å². The van der Waals surface area contributed by atoms with E-state index >= 15 is 0 Å². The highest BCUT2D eigenvalue weighted by molar-refractivity contribution is 6.38. The van der Waals surface area contributed by atoms with Crippen molar-refractivity contribution in [3.63, 3.8) is 0 Å². The normalized spacial score (nSPS) is 36.0. The van der Waals surface area contributed by atoms with Gasteiger partial charge in [0, 0.05) is 23.7 Å². The molecule has 4 aliphatic rings. The predicted molar refractivity (Wildman–Crippen MR) is 80.8 cm³/mol. The maximum atomic E-state index is 12.5. The van der Waals surface area contributed by atoms with Gasteiger partial charge in [-0.3, -0.25) is 9.59 Å². The van der Waals surface area contributed by atoms with Crippen molar-refractivity contribution in [2.24, 2.45) is 11.8 Å². The first kappa shape index (κ1) is 13.4. The van der Waals surface area contributed by atoms with E-state index in [1.165, 1.54) is 25.7 Å². The van der Waals surface area contributed by atoms with Crippen LogP contribution >= 0.6 is 0 Å². The van der Waals surface area contributed by atoms with E-state index in [0.29, 0.717) is 23.5 Å². The van der Waals surface area contributed by atoms with Crippen LogP contribution in [0.25, 0.3) is 0 Å². The molecule has 112 valence electrons. The van der Waals surface area contributed by atoms with Gasteiger partial charge in [-0.05, 0) is 50.4 Å². The number of ketones is 2. The quantitative estimate of drug-likeness (QED) is 0.595. The number of rotatable bonds is 1. The van der Waals surface area contributed by atoms with Gasteiger partial charge in [0.25, 0.3) is 0 Å². The summed E-state index contributed by atoms with van der Waals surface area (Å²) in [6.07, 6.45) is 10.9. The van der Waals surface area contributed by atoms with Crippen LogP contribution in [-0.4, -0.2) is 24.2 Å². The van der Waals surface area contributed by atoms with E-state index in [9.17, 15) is 9.59 Å². The lowest BCUT2D eigenvalue weighted by Gasteiger charge is -2.27. The molecule has 1 aliphatic heterocycles. The molecule has 3 atom stereocenters. The van der Waals surface area contributed by atoms with Gasteiger partial charge in [-0.1, -0.05) is 18.9 Å². The standard InChI is InChI=1S/C18H23NO2/c20-17-13-6-1-2-7-14(13)18(21)15(17)9-11-10-19-16-8-4-3-5-12(11)16/h9,11-12,16,19H,1-8,10H2. The van der Waals surface area contributed by atoms with Crippen molar-refractivity contribution < 1.29 is 9.59 Å². The first-order valence-electron chi connectivity index (χ1n) is 8.52. The molecule has 0 aromatic heterocycles. The van der Waals surface area contributed by atoms with Crippen LogP contribution in [0.3, 0.4) is 0 Å².